The van der Waals surface area contributed by atoms with Gasteiger partial charge in [-0.05, 0) is 24.0 Å². The van der Waals surface area contributed by atoms with E-state index in [9.17, 15) is 4.79 Å². The van der Waals surface area contributed by atoms with Crippen LogP contribution < -0.4 is 4.90 Å². The van der Waals surface area contributed by atoms with Crippen molar-refractivity contribution in [2.75, 3.05) is 44.3 Å². The summed E-state index contributed by atoms with van der Waals surface area (Å²) < 4.78 is 7.69. The molecule has 1 atom stereocenters. The summed E-state index contributed by atoms with van der Waals surface area (Å²) >= 11 is 1.51. The first kappa shape index (κ1) is 22.0. The van der Waals surface area contributed by atoms with Crippen molar-refractivity contribution >= 4 is 23.6 Å². The summed E-state index contributed by atoms with van der Waals surface area (Å²) in [5, 5.41) is 9.58. The molecule has 0 unspecified atom stereocenters. The highest BCUT2D eigenvalue weighted by Crippen LogP contribution is 2.38. The second-order valence-electron chi connectivity index (χ2n) is 8.39. The minimum absolute atomic E-state index is 0.158. The highest BCUT2D eigenvalue weighted by molar-refractivity contribution is 8.00. The predicted molar refractivity (Wildman–Crippen MR) is 129 cm³/mol. The van der Waals surface area contributed by atoms with Crippen LogP contribution in [0.15, 0.2) is 65.8 Å². The third kappa shape index (κ3) is 5.07. The Hall–Kier alpha value is -2.84. The van der Waals surface area contributed by atoms with E-state index in [1.54, 1.807) is 0 Å². The molecular weight excluding hydrogens is 434 g/mol. The van der Waals surface area contributed by atoms with Crippen LogP contribution in [0.2, 0.25) is 0 Å². The number of amides is 1. The smallest absolute Gasteiger partial charge is 0.240 e. The quantitative estimate of drug-likeness (QED) is 0.499. The van der Waals surface area contributed by atoms with E-state index >= 15 is 0 Å². The zero-order valence-corrected chi connectivity index (χ0v) is 19.5. The van der Waals surface area contributed by atoms with Gasteiger partial charge in [0.2, 0.25) is 11.9 Å². The SMILES string of the molecule is O=C([C@H](Sc1nnc(N2CCOCC2)n1Cc1ccccc1)c1ccccc1)N1CCCC1. The molecule has 0 saturated carbocycles. The topological polar surface area (TPSA) is 63.5 Å². The maximum atomic E-state index is 13.5. The van der Waals surface area contributed by atoms with Crippen molar-refractivity contribution in [2.24, 2.45) is 0 Å². The summed E-state index contributed by atoms with van der Waals surface area (Å²) in [6.45, 7) is 5.25. The molecule has 0 N–H and O–H groups in total. The van der Waals surface area contributed by atoms with E-state index in [1.807, 2.05) is 53.4 Å². The van der Waals surface area contributed by atoms with Crippen molar-refractivity contribution in [2.45, 2.75) is 29.8 Å². The number of benzene rings is 2. The Bertz CT molecular complexity index is 1050. The van der Waals surface area contributed by atoms with Crippen molar-refractivity contribution in [3.8, 4) is 0 Å². The molecule has 0 aliphatic carbocycles. The molecule has 3 heterocycles. The molecule has 8 heteroatoms. The van der Waals surface area contributed by atoms with E-state index in [0.29, 0.717) is 19.8 Å². The Kier molecular flexibility index (Phi) is 6.92. The largest absolute Gasteiger partial charge is 0.378 e. The summed E-state index contributed by atoms with van der Waals surface area (Å²) in [5.74, 6) is 0.996. The van der Waals surface area contributed by atoms with E-state index in [0.717, 1.165) is 55.7 Å². The standard InChI is InChI=1S/C25H29N5O2S/c31-23(28-13-7-8-14-28)22(21-11-5-2-6-12-21)33-25-27-26-24(29-15-17-32-18-16-29)30(25)19-20-9-3-1-4-10-20/h1-6,9-12,22H,7-8,13-19H2/t22-/m1/s1. The lowest BCUT2D eigenvalue weighted by molar-refractivity contribution is -0.129. The number of hydrogen-bond acceptors (Lipinski definition) is 6. The molecule has 0 spiro atoms. The number of ether oxygens (including phenoxy) is 1. The molecule has 33 heavy (non-hydrogen) atoms. The molecule has 1 aromatic heterocycles. The molecule has 172 valence electrons. The number of anilines is 1. The van der Waals surface area contributed by atoms with Gasteiger partial charge in [0.25, 0.3) is 0 Å². The monoisotopic (exact) mass is 463 g/mol. The van der Waals surface area contributed by atoms with Crippen molar-refractivity contribution in [1.29, 1.82) is 0 Å². The minimum Gasteiger partial charge on any atom is -0.378 e. The number of hydrogen-bond donors (Lipinski definition) is 0. The van der Waals surface area contributed by atoms with E-state index in [2.05, 4.69) is 31.8 Å². The predicted octanol–water partition coefficient (Wildman–Crippen LogP) is 3.62. The van der Waals surface area contributed by atoms with E-state index < -0.39 is 0 Å². The number of carbonyl (C=O) groups excluding carboxylic acids is 1. The molecule has 2 aromatic carbocycles. The van der Waals surface area contributed by atoms with E-state index in [1.165, 1.54) is 17.3 Å². The molecule has 3 aromatic rings. The number of morpholine rings is 1. The van der Waals surface area contributed by atoms with Gasteiger partial charge in [-0.15, -0.1) is 10.2 Å². The molecule has 2 saturated heterocycles. The fraction of sp³-hybridized carbons (Fsp3) is 0.400. The van der Waals surface area contributed by atoms with Crippen LogP contribution in [0.1, 0.15) is 29.2 Å². The van der Waals surface area contributed by atoms with Gasteiger partial charge in [-0.3, -0.25) is 9.36 Å². The van der Waals surface area contributed by atoms with Crippen LogP contribution in [-0.2, 0) is 16.1 Å². The second kappa shape index (κ2) is 10.4. The van der Waals surface area contributed by atoms with Crippen LogP contribution in [0, 0.1) is 0 Å². The molecule has 2 aliphatic rings. The van der Waals surface area contributed by atoms with Gasteiger partial charge in [0, 0.05) is 26.2 Å². The average molecular weight is 464 g/mol. The summed E-state index contributed by atoms with van der Waals surface area (Å²) in [7, 11) is 0. The molecule has 2 fully saturated rings. The Morgan fingerprint density at radius 3 is 2.27 bits per heavy atom. The van der Waals surface area contributed by atoms with Crippen LogP contribution >= 0.6 is 11.8 Å². The van der Waals surface area contributed by atoms with Crippen LogP contribution in [0.3, 0.4) is 0 Å². The normalized spacial score (nSPS) is 17.3. The first-order chi connectivity index (χ1) is 16.3. The zero-order chi connectivity index (χ0) is 22.5. The first-order valence-corrected chi connectivity index (χ1v) is 12.5. The van der Waals surface area contributed by atoms with Gasteiger partial charge in [0.05, 0.1) is 19.8 Å². The first-order valence-electron chi connectivity index (χ1n) is 11.6. The molecule has 7 nitrogen and oxygen atoms in total. The highest BCUT2D eigenvalue weighted by Gasteiger charge is 2.31. The van der Waals surface area contributed by atoms with Crippen LogP contribution in [0.4, 0.5) is 5.95 Å². The number of rotatable bonds is 7. The van der Waals surface area contributed by atoms with Crippen molar-refractivity contribution in [3.05, 3.63) is 71.8 Å². The third-order valence-corrected chi connectivity index (χ3v) is 7.36. The summed E-state index contributed by atoms with van der Waals surface area (Å²) in [6.07, 6.45) is 2.15. The van der Waals surface area contributed by atoms with Gasteiger partial charge >= 0.3 is 0 Å². The number of aromatic nitrogens is 3. The maximum Gasteiger partial charge on any atom is 0.240 e. The Balaban J connectivity index is 1.49. The van der Waals surface area contributed by atoms with Gasteiger partial charge in [0.15, 0.2) is 5.16 Å². The Morgan fingerprint density at radius 1 is 0.909 bits per heavy atom. The van der Waals surface area contributed by atoms with E-state index in [4.69, 9.17) is 4.74 Å². The van der Waals surface area contributed by atoms with Gasteiger partial charge in [0.1, 0.15) is 5.25 Å². The Morgan fingerprint density at radius 2 is 1.58 bits per heavy atom. The van der Waals surface area contributed by atoms with Crippen molar-refractivity contribution in [3.63, 3.8) is 0 Å². The lowest BCUT2D eigenvalue weighted by atomic mass is 10.1. The molecule has 0 radical (unpaired) electrons. The van der Waals surface area contributed by atoms with Crippen molar-refractivity contribution < 1.29 is 9.53 Å². The number of thioether (sulfide) groups is 1. The summed E-state index contributed by atoms with van der Waals surface area (Å²) in [6, 6.07) is 20.4. The number of likely N-dealkylation sites (tertiary alicyclic amines) is 1. The number of nitrogens with zero attached hydrogens (tertiary/aromatic N) is 5. The van der Waals surface area contributed by atoms with Gasteiger partial charge < -0.3 is 14.5 Å². The van der Waals surface area contributed by atoms with Gasteiger partial charge in [-0.1, -0.05) is 72.4 Å². The van der Waals surface area contributed by atoms with Gasteiger partial charge in [-0.2, -0.15) is 0 Å². The Labute approximate surface area is 198 Å². The minimum atomic E-state index is -0.347. The molecule has 1 amide bonds. The molecular formula is C25H29N5O2S. The fourth-order valence-corrected chi connectivity index (χ4v) is 5.48. The van der Waals surface area contributed by atoms with Crippen LogP contribution in [-0.4, -0.2) is 65.0 Å². The second-order valence-corrected chi connectivity index (χ2v) is 9.47. The van der Waals surface area contributed by atoms with Crippen molar-refractivity contribution in [1.82, 2.24) is 19.7 Å². The summed E-state index contributed by atoms with van der Waals surface area (Å²) in [5.41, 5.74) is 2.18. The van der Waals surface area contributed by atoms with Crippen LogP contribution in [0.5, 0.6) is 0 Å². The molecule has 0 bridgehead atoms. The zero-order valence-electron chi connectivity index (χ0n) is 18.7. The van der Waals surface area contributed by atoms with Crippen LogP contribution in [0.25, 0.3) is 0 Å². The summed E-state index contributed by atoms with van der Waals surface area (Å²) in [4.78, 5) is 17.8. The maximum absolute atomic E-state index is 13.5. The number of carbonyl (C=O) groups is 1. The fourth-order valence-electron chi connectivity index (χ4n) is 4.37. The van der Waals surface area contributed by atoms with Gasteiger partial charge in [-0.25, -0.2) is 0 Å². The van der Waals surface area contributed by atoms with E-state index in [-0.39, 0.29) is 11.2 Å². The average Bonchev–Trinajstić information content (AvgIpc) is 3.55. The molecule has 2 aliphatic heterocycles. The lowest BCUT2D eigenvalue weighted by Crippen LogP contribution is -2.38. The lowest BCUT2D eigenvalue weighted by Gasteiger charge is -2.28. The third-order valence-electron chi connectivity index (χ3n) is 6.14. The highest BCUT2D eigenvalue weighted by atomic mass is 32.2. The molecule has 5 rings (SSSR count).